The van der Waals surface area contributed by atoms with Gasteiger partial charge in [-0.1, -0.05) is 0 Å². The molecule has 4 nitrogen and oxygen atoms in total. The van der Waals surface area contributed by atoms with E-state index >= 15 is 0 Å². The molecule has 0 radical (unpaired) electrons. The Morgan fingerprint density at radius 2 is 2.33 bits per heavy atom. The molecule has 3 fully saturated rings. The van der Waals surface area contributed by atoms with E-state index in [1.807, 2.05) is 0 Å². The van der Waals surface area contributed by atoms with E-state index in [2.05, 4.69) is 10.2 Å². The summed E-state index contributed by atoms with van der Waals surface area (Å²) in [5.74, 6) is 0.201. The first-order valence-corrected chi connectivity index (χ1v) is 5.92. The van der Waals surface area contributed by atoms with Gasteiger partial charge in [0.1, 0.15) is 6.61 Å². The predicted molar refractivity (Wildman–Crippen MR) is 55.5 cm³/mol. The standard InChI is InChI=1S/C11H18N2O2/c14-10-6-15-8-11(4-1-5-12-7-11)13(10)9-2-3-9/h9,12H,1-8H2. The number of nitrogens with one attached hydrogen (secondary N) is 1. The highest BCUT2D eigenvalue weighted by Gasteiger charge is 2.49. The third-order valence-corrected chi connectivity index (χ3v) is 3.74. The van der Waals surface area contributed by atoms with Gasteiger partial charge >= 0.3 is 0 Å². The molecule has 4 heteroatoms. The highest BCUT2D eigenvalue weighted by Crippen LogP contribution is 2.38. The Morgan fingerprint density at radius 1 is 1.47 bits per heavy atom. The minimum atomic E-state index is -0.0191. The molecule has 0 aromatic rings. The van der Waals surface area contributed by atoms with Crippen molar-refractivity contribution < 1.29 is 9.53 Å². The molecule has 3 aliphatic rings. The van der Waals surface area contributed by atoms with Gasteiger partial charge in [0.25, 0.3) is 0 Å². The van der Waals surface area contributed by atoms with Gasteiger partial charge in [0.2, 0.25) is 5.91 Å². The van der Waals surface area contributed by atoms with Crippen LogP contribution >= 0.6 is 0 Å². The third-order valence-electron chi connectivity index (χ3n) is 3.74. The molecule has 0 aromatic heterocycles. The van der Waals surface area contributed by atoms with Crippen LogP contribution in [0, 0.1) is 0 Å². The van der Waals surface area contributed by atoms with E-state index in [1.165, 1.54) is 12.8 Å². The van der Waals surface area contributed by atoms with E-state index < -0.39 is 0 Å². The number of hydrogen-bond acceptors (Lipinski definition) is 3. The van der Waals surface area contributed by atoms with Gasteiger partial charge in [-0.25, -0.2) is 0 Å². The fraction of sp³-hybridized carbons (Fsp3) is 0.909. The summed E-state index contributed by atoms with van der Waals surface area (Å²) < 4.78 is 5.45. The Balaban J connectivity index is 1.85. The first-order chi connectivity index (χ1) is 7.32. The van der Waals surface area contributed by atoms with Crippen LogP contribution < -0.4 is 5.32 Å². The number of ether oxygens (including phenoxy) is 1. The van der Waals surface area contributed by atoms with Crippen LogP contribution in [0.1, 0.15) is 25.7 Å². The maximum absolute atomic E-state index is 11.9. The largest absolute Gasteiger partial charge is 0.369 e. The van der Waals surface area contributed by atoms with Gasteiger partial charge in [-0.3, -0.25) is 4.79 Å². The molecule has 2 heterocycles. The highest BCUT2D eigenvalue weighted by atomic mass is 16.5. The summed E-state index contributed by atoms with van der Waals surface area (Å²) in [5.41, 5.74) is -0.0191. The monoisotopic (exact) mass is 210 g/mol. The van der Waals surface area contributed by atoms with Crippen molar-refractivity contribution in [1.82, 2.24) is 10.2 Å². The molecule has 1 aliphatic carbocycles. The molecule has 15 heavy (non-hydrogen) atoms. The summed E-state index contributed by atoms with van der Waals surface area (Å²) >= 11 is 0. The molecule has 1 saturated carbocycles. The van der Waals surface area contributed by atoms with Gasteiger partial charge in [-0.15, -0.1) is 0 Å². The zero-order valence-electron chi connectivity index (χ0n) is 9.00. The summed E-state index contributed by atoms with van der Waals surface area (Å²) in [6.07, 6.45) is 4.63. The quantitative estimate of drug-likeness (QED) is 0.669. The lowest BCUT2D eigenvalue weighted by Crippen LogP contribution is -2.66. The van der Waals surface area contributed by atoms with Crippen molar-refractivity contribution in [2.24, 2.45) is 0 Å². The molecule has 1 amide bonds. The molecular formula is C11H18N2O2. The molecule has 1 spiro atoms. The van der Waals surface area contributed by atoms with E-state index in [-0.39, 0.29) is 18.1 Å². The number of piperidine rings is 1. The van der Waals surface area contributed by atoms with Gasteiger partial charge in [0, 0.05) is 12.6 Å². The lowest BCUT2D eigenvalue weighted by molar-refractivity contribution is -0.161. The minimum absolute atomic E-state index is 0.0191. The Morgan fingerprint density at radius 3 is 3.00 bits per heavy atom. The summed E-state index contributed by atoms with van der Waals surface area (Å²) in [6.45, 7) is 3.00. The van der Waals surface area contributed by atoms with Crippen LogP contribution in [0.3, 0.4) is 0 Å². The SMILES string of the molecule is O=C1COCC2(CCCNC2)N1C1CC1. The summed E-state index contributed by atoms with van der Waals surface area (Å²) in [4.78, 5) is 14.1. The Kier molecular flexibility index (Phi) is 2.21. The predicted octanol–water partition coefficient (Wildman–Crippen LogP) is 0.130. The number of amides is 1. The molecule has 84 valence electrons. The van der Waals surface area contributed by atoms with Crippen LogP contribution in [-0.4, -0.2) is 48.7 Å². The number of carbonyl (C=O) groups excluding carboxylic acids is 1. The van der Waals surface area contributed by atoms with E-state index in [9.17, 15) is 4.79 Å². The smallest absolute Gasteiger partial charge is 0.249 e. The molecule has 1 N–H and O–H groups in total. The van der Waals surface area contributed by atoms with E-state index in [0.29, 0.717) is 6.04 Å². The molecule has 0 bridgehead atoms. The maximum atomic E-state index is 11.9. The second kappa shape index (κ2) is 3.46. The van der Waals surface area contributed by atoms with Crippen molar-refractivity contribution in [3.63, 3.8) is 0 Å². The first-order valence-electron chi connectivity index (χ1n) is 5.92. The van der Waals surface area contributed by atoms with Crippen LogP contribution in [0.15, 0.2) is 0 Å². The van der Waals surface area contributed by atoms with Gasteiger partial charge < -0.3 is 15.0 Å². The van der Waals surface area contributed by atoms with Crippen LogP contribution in [0.4, 0.5) is 0 Å². The van der Waals surface area contributed by atoms with E-state index in [0.717, 1.165) is 32.5 Å². The lowest BCUT2D eigenvalue weighted by Gasteiger charge is -2.49. The van der Waals surface area contributed by atoms with Gasteiger partial charge in [-0.05, 0) is 32.2 Å². The van der Waals surface area contributed by atoms with Crippen molar-refractivity contribution in [3.8, 4) is 0 Å². The maximum Gasteiger partial charge on any atom is 0.249 e. The van der Waals surface area contributed by atoms with Crippen LogP contribution in [0.2, 0.25) is 0 Å². The molecule has 2 aliphatic heterocycles. The zero-order chi connectivity index (χ0) is 10.3. The number of nitrogens with zero attached hydrogens (tertiary/aromatic N) is 1. The first kappa shape index (κ1) is 9.60. The molecule has 1 atom stereocenters. The summed E-state index contributed by atoms with van der Waals surface area (Å²) in [6, 6.07) is 0.515. The summed E-state index contributed by atoms with van der Waals surface area (Å²) in [7, 11) is 0. The fourth-order valence-corrected chi connectivity index (χ4v) is 2.94. The number of rotatable bonds is 1. The minimum Gasteiger partial charge on any atom is -0.369 e. The second-order valence-electron chi connectivity index (χ2n) is 4.99. The van der Waals surface area contributed by atoms with E-state index in [4.69, 9.17) is 4.74 Å². The number of carbonyl (C=O) groups is 1. The Hall–Kier alpha value is -0.610. The number of hydrogen-bond donors (Lipinski definition) is 1. The van der Waals surface area contributed by atoms with Crippen LogP contribution in [0.5, 0.6) is 0 Å². The van der Waals surface area contributed by atoms with Gasteiger partial charge in [0.15, 0.2) is 0 Å². The van der Waals surface area contributed by atoms with Crippen molar-refractivity contribution >= 4 is 5.91 Å². The third kappa shape index (κ3) is 1.56. The van der Waals surface area contributed by atoms with Crippen molar-refractivity contribution in [3.05, 3.63) is 0 Å². The second-order valence-corrected chi connectivity index (χ2v) is 4.99. The molecule has 2 saturated heterocycles. The van der Waals surface area contributed by atoms with Crippen LogP contribution in [0.25, 0.3) is 0 Å². The Bertz CT molecular complexity index is 264. The van der Waals surface area contributed by atoms with Gasteiger partial charge in [0.05, 0.1) is 12.1 Å². The lowest BCUT2D eigenvalue weighted by atomic mass is 9.87. The van der Waals surface area contributed by atoms with Crippen molar-refractivity contribution in [1.29, 1.82) is 0 Å². The highest BCUT2D eigenvalue weighted by molar-refractivity contribution is 5.80. The molecule has 1 unspecified atom stereocenters. The summed E-state index contributed by atoms with van der Waals surface area (Å²) in [5, 5.41) is 3.40. The molecule has 0 aromatic carbocycles. The average Bonchev–Trinajstić information content (AvgIpc) is 3.03. The molecule has 3 rings (SSSR count). The number of morpholine rings is 1. The van der Waals surface area contributed by atoms with Crippen molar-refractivity contribution in [2.75, 3.05) is 26.3 Å². The topological polar surface area (TPSA) is 41.6 Å². The normalized spacial score (nSPS) is 37.3. The van der Waals surface area contributed by atoms with E-state index in [1.54, 1.807) is 0 Å². The Labute approximate surface area is 90.0 Å². The van der Waals surface area contributed by atoms with Gasteiger partial charge in [-0.2, -0.15) is 0 Å². The zero-order valence-corrected chi connectivity index (χ0v) is 9.00. The average molecular weight is 210 g/mol. The fourth-order valence-electron chi connectivity index (χ4n) is 2.94. The molecular weight excluding hydrogens is 192 g/mol. The van der Waals surface area contributed by atoms with Crippen LogP contribution in [-0.2, 0) is 9.53 Å². The van der Waals surface area contributed by atoms with Crippen molar-refractivity contribution in [2.45, 2.75) is 37.3 Å².